The van der Waals surface area contributed by atoms with Gasteiger partial charge in [-0.2, -0.15) is 0 Å². The van der Waals surface area contributed by atoms with Gasteiger partial charge in [0.2, 0.25) is 0 Å². The van der Waals surface area contributed by atoms with Crippen LogP contribution in [0.4, 0.5) is 4.79 Å². The average Bonchev–Trinajstić information content (AvgIpc) is 3.37. The molecule has 6 heteroatoms. The van der Waals surface area contributed by atoms with Crippen molar-refractivity contribution in [2.45, 2.75) is 50.7 Å². The number of piperidine rings is 1. The number of carbonyl (C=O) groups is 1. The first-order chi connectivity index (χ1) is 13.3. The third kappa shape index (κ3) is 4.27. The van der Waals surface area contributed by atoms with Crippen LogP contribution in [0.5, 0.6) is 0 Å². The van der Waals surface area contributed by atoms with Crippen LogP contribution in [0.2, 0.25) is 0 Å². The lowest BCUT2D eigenvalue weighted by Crippen LogP contribution is -2.52. The smallest absolute Gasteiger partial charge is 0.320 e. The van der Waals surface area contributed by atoms with Crippen molar-refractivity contribution in [3.05, 3.63) is 30.1 Å². The number of ether oxygens (including phenoxy) is 2. The molecule has 2 amide bonds. The minimum Gasteiger partial charge on any atom is -0.377 e. The molecule has 0 aromatic carbocycles. The highest BCUT2D eigenvalue weighted by Gasteiger charge is 2.46. The molecule has 1 unspecified atom stereocenters. The number of likely N-dealkylation sites (tertiary alicyclic amines) is 2. The van der Waals surface area contributed by atoms with Crippen LogP contribution < -0.4 is 0 Å². The summed E-state index contributed by atoms with van der Waals surface area (Å²) in [5.41, 5.74) is 1.07. The van der Waals surface area contributed by atoms with E-state index in [1.165, 1.54) is 0 Å². The third-order valence-corrected chi connectivity index (χ3v) is 6.46. The van der Waals surface area contributed by atoms with Gasteiger partial charge in [-0.15, -0.1) is 0 Å². The zero-order valence-electron chi connectivity index (χ0n) is 16.1. The fraction of sp³-hybridized carbons (Fsp3) is 0.714. The highest BCUT2D eigenvalue weighted by molar-refractivity contribution is 5.74. The van der Waals surface area contributed by atoms with Crippen LogP contribution in [0.1, 0.15) is 44.1 Å². The van der Waals surface area contributed by atoms with E-state index in [1.54, 1.807) is 6.20 Å². The fourth-order valence-electron chi connectivity index (χ4n) is 4.83. The van der Waals surface area contributed by atoms with E-state index in [0.29, 0.717) is 12.5 Å². The Labute approximate surface area is 161 Å². The second kappa shape index (κ2) is 8.57. The maximum Gasteiger partial charge on any atom is 0.320 e. The van der Waals surface area contributed by atoms with E-state index < -0.39 is 0 Å². The van der Waals surface area contributed by atoms with Crippen molar-refractivity contribution in [1.29, 1.82) is 0 Å². The zero-order valence-corrected chi connectivity index (χ0v) is 16.1. The molecule has 3 aliphatic heterocycles. The number of hydrogen-bond donors (Lipinski definition) is 0. The topological polar surface area (TPSA) is 54.9 Å². The van der Waals surface area contributed by atoms with Crippen LogP contribution in [0.3, 0.4) is 0 Å². The van der Waals surface area contributed by atoms with E-state index in [4.69, 9.17) is 9.47 Å². The second-order valence-electron chi connectivity index (χ2n) is 8.07. The van der Waals surface area contributed by atoms with Crippen molar-refractivity contribution in [1.82, 2.24) is 14.8 Å². The number of urea groups is 1. The molecule has 1 atom stereocenters. The molecule has 4 heterocycles. The number of pyridine rings is 1. The van der Waals surface area contributed by atoms with Gasteiger partial charge in [0.05, 0.1) is 12.2 Å². The van der Waals surface area contributed by atoms with Gasteiger partial charge in [-0.05, 0) is 56.1 Å². The predicted octanol–water partition coefficient (Wildman–Crippen LogP) is 3.08. The van der Waals surface area contributed by atoms with Gasteiger partial charge in [-0.3, -0.25) is 4.98 Å². The Morgan fingerprint density at radius 2 is 2.00 bits per heavy atom. The summed E-state index contributed by atoms with van der Waals surface area (Å²) >= 11 is 0. The minimum absolute atomic E-state index is 0.0422. The van der Waals surface area contributed by atoms with Crippen molar-refractivity contribution in [2.24, 2.45) is 5.92 Å². The van der Waals surface area contributed by atoms with E-state index >= 15 is 0 Å². The number of nitrogens with zero attached hydrogens (tertiary/aromatic N) is 3. The van der Waals surface area contributed by atoms with E-state index in [2.05, 4.69) is 4.98 Å². The van der Waals surface area contributed by atoms with E-state index in [9.17, 15) is 4.79 Å². The molecule has 0 bridgehead atoms. The first kappa shape index (κ1) is 18.7. The van der Waals surface area contributed by atoms with E-state index in [0.717, 1.165) is 83.5 Å². The molecular formula is C21H31N3O3. The maximum atomic E-state index is 12.6. The molecule has 148 valence electrons. The van der Waals surface area contributed by atoms with Crippen molar-refractivity contribution >= 4 is 6.03 Å². The summed E-state index contributed by atoms with van der Waals surface area (Å²) in [6.45, 7) is 5.70. The molecule has 0 N–H and O–H groups in total. The Balaban J connectivity index is 1.24. The third-order valence-electron chi connectivity index (χ3n) is 6.46. The van der Waals surface area contributed by atoms with Crippen molar-refractivity contribution in [3.8, 4) is 0 Å². The average molecular weight is 373 g/mol. The second-order valence-corrected chi connectivity index (χ2v) is 8.07. The summed E-state index contributed by atoms with van der Waals surface area (Å²) < 4.78 is 12.1. The molecule has 4 rings (SSSR count). The van der Waals surface area contributed by atoms with Gasteiger partial charge < -0.3 is 19.3 Å². The van der Waals surface area contributed by atoms with Gasteiger partial charge in [0.1, 0.15) is 0 Å². The van der Waals surface area contributed by atoms with Crippen LogP contribution in [-0.4, -0.2) is 65.8 Å². The van der Waals surface area contributed by atoms with Crippen molar-refractivity contribution in [2.75, 3.05) is 39.4 Å². The summed E-state index contributed by atoms with van der Waals surface area (Å²) in [7, 11) is 0. The molecule has 3 saturated heterocycles. The Hall–Kier alpha value is -1.66. The van der Waals surface area contributed by atoms with Gasteiger partial charge in [0.15, 0.2) is 0 Å². The molecular weight excluding hydrogens is 342 g/mol. The van der Waals surface area contributed by atoms with Crippen molar-refractivity contribution in [3.63, 3.8) is 0 Å². The van der Waals surface area contributed by atoms with Crippen LogP contribution in [-0.2, 0) is 16.1 Å². The quantitative estimate of drug-likeness (QED) is 0.745. The number of aromatic nitrogens is 1. The summed E-state index contributed by atoms with van der Waals surface area (Å²) in [4.78, 5) is 20.8. The van der Waals surface area contributed by atoms with Crippen LogP contribution >= 0.6 is 0 Å². The summed E-state index contributed by atoms with van der Waals surface area (Å²) in [6.07, 6.45) is 9.98. The minimum atomic E-state index is -0.0422. The molecule has 0 radical (unpaired) electrons. The number of amides is 2. The maximum absolute atomic E-state index is 12.6. The van der Waals surface area contributed by atoms with Gasteiger partial charge in [-0.25, -0.2) is 4.79 Å². The molecule has 1 aromatic heterocycles. The predicted molar refractivity (Wildman–Crippen MR) is 102 cm³/mol. The summed E-state index contributed by atoms with van der Waals surface area (Å²) in [5, 5.41) is 0. The lowest BCUT2D eigenvalue weighted by Gasteiger charge is -2.43. The zero-order chi connectivity index (χ0) is 18.5. The highest BCUT2D eigenvalue weighted by Crippen LogP contribution is 2.42. The molecule has 0 aliphatic carbocycles. The molecule has 0 saturated carbocycles. The Morgan fingerprint density at radius 3 is 2.74 bits per heavy atom. The molecule has 6 nitrogen and oxygen atoms in total. The largest absolute Gasteiger partial charge is 0.377 e. The van der Waals surface area contributed by atoms with E-state index in [-0.39, 0.29) is 11.6 Å². The van der Waals surface area contributed by atoms with Gasteiger partial charge in [0.25, 0.3) is 0 Å². The molecule has 3 fully saturated rings. The fourth-order valence-corrected chi connectivity index (χ4v) is 4.83. The number of carbonyl (C=O) groups excluding carboxylic acids is 1. The highest BCUT2D eigenvalue weighted by atomic mass is 16.5. The first-order valence-corrected chi connectivity index (χ1v) is 10.4. The molecule has 1 aromatic rings. The summed E-state index contributed by atoms with van der Waals surface area (Å²) in [5.74, 6) is 0.537. The van der Waals surface area contributed by atoms with E-state index in [1.807, 2.05) is 28.1 Å². The van der Waals surface area contributed by atoms with Gasteiger partial charge >= 0.3 is 6.03 Å². The SMILES string of the molecule is O=C(N1CCCC1)N1CCC2(CC1)OCCC2CCOCc1cccnc1. The van der Waals surface area contributed by atoms with Crippen molar-refractivity contribution < 1.29 is 14.3 Å². The molecule has 3 aliphatic rings. The van der Waals surface area contributed by atoms with Gasteiger partial charge in [-0.1, -0.05) is 6.07 Å². The number of rotatable bonds is 5. The normalized spacial score (nSPS) is 24.7. The van der Waals surface area contributed by atoms with Crippen LogP contribution in [0, 0.1) is 5.92 Å². The molecule has 27 heavy (non-hydrogen) atoms. The standard InChI is InChI=1S/C21H31N3O3/c25-20(23-10-1-2-11-23)24-12-7-21(8-13-24)19(6-15-27-21)5-14-26-17-18-4-3-9-22-16-18/h3-4,9,16,19H,1-2,5-8,10-15,17H2. The molecule has 1 spiro atoms. The first-order valence-electron chi connectivity index (χ1n) is 10.4. The monoisotopic (exact) mass is 373 g/mol. The summed E-state index contributed by atoms with van der Waals surface area (Å²) in [6, 6.07) is 4.22. The Kier molecular flexibility index (Phi) is 5.93. The van der Waals surface area contributed by atoms with Crippen LogP contribution in [0.15, 0.2) is 24.5 Å². The Morgan fingerprint density at radius 1 is 1.22 bits per heavy atom. The number of hydrogen-bond acceptors (Lipinski definition) is 4. The Bertz CT molecular complexity index is 610. The lowest BCUT2D eigenvalue weighted by molar-refractivity contribution is -0.0672. The van der Waals surface area contributed by atoms with Crippen LogP contribution in [0.25, 0.3) is 0 Å². The van der Waals surface area contributed by atoms with Gasteiger partial charge in [0, 0.05) is 51.8 Å². The lowest BCUT2D eigenvalue weighted by atomic mass is 9.78.